The number of rotatable bonds is 7. The van der Waals surface area contributed by atoms with Crippen molar-refractivity contribution in [3.05, 3.63) is 16.4 Å². The molecule has 0 spiro atoms. The summed E-state index contributed by atoms with van der Waals surface area (Å²) in [6, 6.07) is 0. The fourth-order valence-electron chi connectivity index (χ4n) is 3.29. The Morgan fingerprint density at radius 2 is 2.04 bits per heavy atom. The van der Waals surface area contributed by atoms with Crippen LogP contribution in [0.25, 0.3) is 0 Å². The van der Waals surface area contributed by atoms with E-state index in [0.717, 1.165) is 35.2 Å². The monoisotopic (exact) mass is 423 g/mol. The van der Waals surface area contributed by atoms with Gasteiger partial charge in [-0.25, -0.2) is 9.78 Å². The first-order valence-electron chi connectivity index (χ1n) is 9.46. The van der Waals surface area contributed by atoms with Gasteiger partial charge in [-0.2, -0.15) is 0 Å². The fourth-order valence-corrected chi connectivity index (χ4v) is 4.88. The topological polar surface area (TPSA) is 99.0 Å². The van der Waals surface area contributed by atoms with Crippen molar-refractivity contribution in [3.63, 3.8) is 0 Å². The SMILES string of the molecule is CCOC(=O)c1sc(NC(=O)CSc2nnc(C3CCCCC3)n2C)nc1C. The summed E-state index contributed by atoms with van der Waals surface area (Å²) in [6.45, 7) is 3.77. The smallest absolute Gasteiger partial charge is 0.350 e. The van der Waals surface area contributed by atoms with Gasteiger partial charge in [0.25, 0.3) is 0 Å². The lowest BCUT2D eigenvalue weighted by Crippen LogP contribution is -2.14. The number of nitrogens with zero attached hydrogens (tertiary/aromatic N) is 4. The van der Waals surface area contributed by atoms with Crippen LogP contribution < -0.4 is 5.32 Å². The number of thioether (sulfide) groups is 1. The van der Waals surface area contributed by atoms with Crippen molar-refractivity contribution in [1.82, 2.24) is 19.7 Å². The lowest BCUT2D eigenvalue weighted by atomic mass is 9.89. The number of carbonyl (C=O) groups is 2. The Morgan fingerprint density at radius 1 is 1.29 bits per heavy atom. The average Bonchev–Trinajstić information content (AvgIpc) is 3.23. The molecule has 2 heterocycles. The van der Waals surface area contributed by atoms with E-state index in [1.54, 1.807) is 13.8 Å². The third-order valence-electron chi connectivity index (χ3n) is 4.68. The summed E-state index contributed by atoms with van der Waals surface area (Å²) in [5.74, 6) is 1.06. The van der Waals surface area contributed by atoms with Crippen LogP contribution in [0, 0.1) is 6.92 Å². The molecule has 10 heteroatoms. The van der Waals surface area contributed by atoms with Gasteiger partial charge in [0.15, 0.2) is 10.3 Å². The van der Waals surface area contributed by atoms with Crippen LogP contribution in [-0.2, 0) is 16.6 Å². The number of aryl methyl sites for hydroxylation is 1. The van der Waals surface area contributed by atoms with Crippen molar-refractivity contribution in [2.45, 2.75) is 57.0 Å². The van der Waals surface area contributed by atoms with Crippen molar-refractivity contribution in [3.8, 4) is 0 Å². The molecule has 0 saturated heterocycles. The van der Waals surface area contributed by atoms with Gasteiger partial charge in [0.2, 0.25) is 5.91 Å². The van der Waals surface area contributed by atoms with Crippen LogP contribution in [0.15, 0.2) is 5.16 Å². The molecule has 2 aromatic rings. The number of carbonyl (C=O) groups excluding carboxylic acids is 2. The van der Waals surface area contributed by atoms with Crippen molar-refractivity contribution >= 4 is 40.1 Å². The van der Waals surface area contributed by atoms with E-state index in [-0.39, 0.29) is 11.7 Å². The van der Waals surface area contributed by atoms with E-state index in [1.807, 2.05) is 11.6 Å². The molecule has 1 N–H and O–H groups in total. The third-order valence-corrected chi connectivity index (χ3v) is 6.75. The third kappa shape index (κ3) is 4.91. The number of aromatic nitrogens is 4. The van der Waals surface area contributed by atoms with E-state index in [0.29, 0.717) is 28.2 Å². The Morgan fingerprint density at radius 3 is 2.75 bits per heavy atom. The Labute approximate surface area is 172 Å². The molecule has 0 bridgehead atoms. The van der Waals surface area contributed by atoms with E-state index in [2.05, 4.69) is 20.5 Å². The molecule has 0 aromatic carbocycles. The van der Waals surface area contributed by atoms with Crippen LogP contribution in [0.4, 0.5) is 5.13 Å². The summed E-state index contributed by atoms with van der Waals surface area (Å²) in [4.78, 5) is 28.8. The van der Waals surface area contributed by atoms with E-state index >= 15 is 0 Å². The largest absolute Gasteiger partial charge is 0.462 e. The normalized spacial score (nSPS) is 14.8. The Bertz CT molecular complexity index is 842. The van der Waals surface area contributed by atoms with Crippen LogP contribution >= 0.6 is 23.1 Å². The molecule has 3 rings (SSSR count). The van der Waals surface area contributed by atoms with Gasteiger partial charge in [0.1, 0.15) is 10.7 Å². The fraction of sp³-hybridized carbons (Fsp3) is 0.611. The Hall–Kier alpha value is -1.94. The highest BCUT2D eigenvalue weighted by Crippen LogP contribution is 2.32. The van der Waals surface area contributed by atoms with Gasteiger partial charge in [-0.15, -0.1) is 10.2 Å². The second-order valence-corrected chi connectivity index (χ2v) is 8.67. The van der Waals surface area contributed by atoms with Crippen molar-refractivity contribution < 1.29 is 14.3 Å². The van der Waals surface area contributed by atoms with Crippen LogP contribution in [0.5, 0.6) is 0 Å². The molecule has 0 aliphatic heterocycles. The average molecular weight is 424 g/mol. The molecule has 1 aliphatic rings. The minimum Gasteiger partial charge on any atom is -0.462 e. The van der Waals surface area contributed by atoms with E-state index < -0.39 is 5.97 Å². The molecule has 2 aromatic heterocycles. The van der Waals surface area contributed by atoms with Gasteiger partial charge < -0.3 is 14.6 Å². The van der Waals surface area contributed by atoms with E-state index in [1.165, 1.54) is 31.0 Å². The minimum atomic E-state index is -0.415. The highest BCUT2D eigenvalue weighted by atomic mass is 32.2. The summed E-state index contributed by atoms with van der Waals surface area (Å²) in [6.07, 6.45) is 6.09. The number of hydrogen-bond acceptors (Lipinski definition) is 8. The molecule has 152 valence electrons. The zero-order chi connectivity index (χ0) is 20.1. The van der Waals surface area contributed by atoms with Gasteiger partial charge >= 0.3 is 5.97 Å². The number of hydrogen-bond donors (Lipinski definition) is 1. The number of esters is 1. The molecule has 1 amide bonds. The van der Waals surface area contributed by atoms with E-state index in [9.17, 15) is 9.59 Å². The molecule has 1 fully saturated rings. The number of thiazole rings is 1. The van der Waals surface area contributed by atoms with Gasteiger partial charge in [-0.1, -0.05) is 42.4 Å². The maximum absolute atomic E-state index is 12.3. The van der Waals surface area contributed by atoms with Crippen LogP contribution in [0.3, 0.4) is 0 Å². The number of ether oxygens (including phenoxy) is 1. The first kappa shape index (κ1) is 20.8. The van der Waals surface area contributed by atoms with Gasteiger partial charge in [0, 0.05) is 13.0 Å². The van der Waals surface area contributed by atoms with Crippen LogP contribution in [0.2, 0.25) is 0 Å². The first-order valence-corrected chi connectivity index (χ1v) is 11.3. The predicted molar refractivity (Wildman–Crippen MR) is 109 cm³/mol. The van der Waals surface area contributed by atoms with Crippen molar-refractivity contribution in [2.75, 3.05) is 17.7 Å². The van der Waals surface area contributed by atoms with Crippen LogP contribution in [-0.4, -0.2) is 44.0 Å². The van der Waals surface area contributed by atoms with Crippen molar-refractivity contribution in [2.24, 2.45) is 7.05 Å². The van der Waals surface area contributed by atoms with E-state index in [4.69, 9.17) is 4.74 Å². The predicted octanol–water partition coefficient (Wildman–Crippen LogP) is 3.54. The zero-order valence-electron chi connectivity index (χ0n) is 16.4. The lowest BCUT2D eigenvalue weighted by molar-refractivity contribution is -0.113. The van der Waals surface area contributed by atoms with Crippen LogP contribution in [0.1, 0.15) is 66.1 Å². The second-order valence-electron chi connectivity index (χ2n) is 6.73. The maximum atomic E-state index is 12.3. The summed E-state index contributed by atoms with van der Waals surface area (Å²) >= 11 is 2.47. The molecule has 0 atom stereocenters. The number of amides is 1. The molecule has 28 heavy (non-hydrogen) atoms. The minimum absolute atomic E-state index is 0.198. The quantitative estimate of drug-likeness (QED) is 0.537. The highest BCUT2D eigenvalue weighted by molar-refractivity contribution is 7.99. The molecular formula is C18H25N5O3S2. The second kappa shape index (κ2) is 9.51. The summed E-state index contributed by atoms with van der Waals surface area (Å²) in [5, 5.41) is 12.5. The lowest BCUT2D eigenvalue weighted by Gasteiger charge is -2.20. The Kier molecular flexibility index (Phi) is 7.06. The molecule has 0 unspecified atom stereocenters. The molecule has 8 nitrogen and oxygen atoms in total. The highest BCUT2D eigenvalue weighted by Gasteiger charge is 2.22. The zero-order valence-corrected chi connectivity index (χ0v) is 18.0. The van der Waals surface area contributed by atoms with Gasteiger partial charge in [-0.3, -0.25) is 4.79 Å². The maximum Gasteiger partial charge on any atom is 0.350 e. The molecular weight excluding hydrogens is 398 g/mol. The number of nitrogens with one attached hydrogen (secondary N) is 1. The number of anilines is 1. The standard InChI is InChI=1S/C18H25N5O3S2/c1-4-26-16(25)14-11(2)19-17(28-14)20-13(24)10-27-18-22-21-15(23(18)3)12-8-6-5-7-9-12/h12H,4-10H2,1-3H3,(H,19,20,24). The summed E-state index contributed by atoms with van der Waals surface area (Å²) in [5.41, 5.74) is 0.553. The summed E-state index contributed by atoms with van der Waals surface area (Å²) < 4.78 is 6.99. The molecule has 1 saturated carbocycles. The molecule has 0 radical (unpaired) electrons. The van der Waals surface area contributed by atoms with Gasteiger partial charge in [0.05, 0.1) is 18.1 Å². The van der Waals surface area contributed by atoms with Gasteiger partial charge in [-0.05, 0) is 26.7 Å². The Balaban J connectivity index is 1.55. The first-order chi connectivity index (χ1) is 13.5. The summed E-state index contributed by atoms with van der Waals surface area (Å²) in [7, 11) is 1.96. The molecule has 1 aliphatic carbocycles. The van der Waals surface area contributed by atoms with Crippen molar-refractivity contribution in [1.29, 1.82) is 0 Å².